The van der Waals surface area contributed by atoms with E-state index in [1.807, 2.05) is 6.92 Å². The molecule has 0 bridgehead atoms. The minimum Gasteiger partial charge on any atom is -0.381 e. The summed E-state index contributed by atoms with van der Waals surface area (Å²) in [5.74, 6) is 0. The summed E-state index contributed by atoms with van der Waals surface area (Å²) in [6, 6.07) is 0. The average Bonchev–Trinajstić information content (AvgIpc) is 2.59. The largest absolute Gasteiger partial charge is 0.381 e. The Labute approximate surface area is 111 Å². The molecule has 0 spiro atoms. The van der Waals surface area contributed by atoms with Crippen molar-refractivity contribution < 1.29 is 13.2 Å². The Morgan fingerprint density at radius 1 is 1.50 bits per heavy atom. The molecule has 0 radical (unpaired) electrons. The predicted octanol–water partition coefficient (Wildman–Crippen LogP) is 0.921. The highest BCUT2D eigenvalue weighted by molar-refractivity contribution is 7.89. The number of hydrogen-bond donors (Lipinski definition) is 1. The smallest absolute Gasteiger partial charge is 0.261 e. The van der Waals surface area contributed by atoms with Crippen molar-refractivity contribution >= 4 is 21.6 Å². The van der Waals surface area contributed by atoms with Gasteiger partial charge in [0.15, 0.2) is 0 Å². The molecular weight excluding hydrogens is 278 g/mol. The second kappa shape index (κ2) is 4.80. The molecule has 1 aromatic rings. The molecule has 102 valence electrons. The molecule has 1 aromatic heterocycles. The number of hydrogen-bond acceptors (Lipinski definition) is 4. The van der Waals surface area contributed by atoms with Crippen LogP contribution in [-0.4, -0.2) is 36.7 Å². The molecule has 0 saturated carbocycles. The fourth-order valence-electron chi connectivity index (χ4n) is 1.87. The lowest BCUT2D eigenvalue weighted by molar-refractivity contribution is 0.0537. The summed E-state index contributed by atoms with van der Waals surface area (Å²) >= 11 is 5.91. The van der Waals surface area contributed by atoms with Crippen LogP contribution in [0.5, 0.6) is 0 Å². The first-order valence-electron chi connectivity index (χ1n) is 5.63. The van der Waals surface area contributed by atoms with Crippen molar-refractivity contribution in [2.75, 3.05) is 13.2 Å². The summed E-state index contributed by atoms with van der Waals surface area (Å²) < 4.78 is 33.8. The summed E-state index contributed by atoms with van der Waals surface area (Å²) in [7, 11) is -2.05. The molecular formula is C10H16ClN3O3S. The van der Waals surface area contributed by atoms with Gasteiger partial charge in [0, 0.05) is 25.8 Å². The van der Waals surface area contributed by atoms with Crippen molar-refractivity contribution in [3.63, 3.8) is 0 Å². The number of nitrogens with one attached hydrogen (secondary N) is 1. The van der Waals surface area contributed by atoms with E-state index in [-0.39, 0.29) is 10.2 Å². The van der Waals surface area contributed by atoms with Gasteiger partial charge in [0.1, 0.15) is 5.15 Å². The van der Waals surface area contributed by atoms with Crippen molar-refractivity contribution in [1.29, 1.82) is 0 Å². The van der Waals surface area contributed by atoms with E-state index >= 15 is 0 Å². The van der Waals surface area contributed by atoms with Gasteiger partial charge < -0.3 is 9.30 Å². The second-order valence-corrected chi connectivity index (χ2v) is 6.69. The fourth-order valence-corrected chi connectivity index (χ4v) is 3.77. The average molecular weight is 294 g/mol. The van der Waals surface area contributed by atoms with Crippen LogP contribution in [0.3, 0.4) is 0 Å². The Morgan fingerprint density at radius 3 is 2.61 bits per heavy atom. The number of nitrogens with zero attached hydrogens (tertiary/aromatic N) is 2. The van der Waals surface area contributed by atoms with Crippen molar-refractivity contribution in [2.24, 2.45) is 7.05 Å². The minimum absolute atomic E-state index is 0.109. The van der Waals surface area contributed by atoms with Gasteiger partial charge in [-0.3, -0.25) is 0 Å². The second-order valence-electron chi connectivity index (χ2n) is 4.73. The maximum absolute atomic E-state index is 12.2. The van der Waals surface area contributed by atoms with Gasteiger partial charge in [0.25, 0.3) is 10.0 Å². The monoisotopic (exact) mass is 293 g/mol. The van der Waals surface area contributed by atoms with Crippen molar-refractivity contribution in [3.8, 4) is 0 Å². The van der Waals surface area contributed by atoms with Crippen LogP contribution in [0.2, 0.25) is 5.15 Å². The van der Waals surface area contributed by atoms with Crippen LogP contribution in [0.1, 0.15) is 19.8 Å². The molecule has 8 heteroatoms. The summed E-state index contributed by atoms with van der Waals surface area (Å²) in [4.78, 5) is 3.83. The highest BCUT2D eigenvalue weighted by Gasteiger charge is 2.34. The van der Waals surface area contributed by atoms with E-state index in [1.54, 1.807) is 7.05 Å². The molecule has 1 fully saturated rings. The van der Waals surface area contributed by atoms with Crippen molar-refractivity contribution in [1.82, 2.24) is 14.3 Å². The molecule has 6 nitrogen and oxygen atoms in total. The van der Waals surface area contributed by atoms with Crippen LogP contribution in [0.15, 0.2) is 11.4 Å². The lowest BCUT2D eigenvalue weighted by Crippen LogP contribution is -2.49. The van der Waals surface area contributed by atoms with Gasteiger partial charge in [0.2, 0.25) is 5.03 Å². The SMILES string of the molecule is Cn1cnc(S(=O)(=O)NC2(C)CCOCC2)c1Cl. The van der Waals surface area contributed by atoms with E-state index in [0.717, 1.165) is 0 Å². The first-order chi connectivity index (χ1) is 8.34. The van der Waals surface area contributed by atoms with Gasteiger partial charge in [-0.2, -0.15) is 0 Å². The summed E-state index contributed by atoms with van der Waals surface area (Å²) in [5.41, 5.74) is -0.502. The molecule has 1 aliphatic heterocycles. The number of imidazole rings is 1. The highest BCUT2D eigenvalue weighted by atomic mass is 35.5. The molecule has 1 aliphatic rings. The molecule has 0 aliphatic carbocycles. The van der Waals surface area contributed by atoms with Gasteiger partial charge in [0.05, 0.1) is 6.33 Å². The molecule has 0 unspecified atom stereocenters. The van der Waals surface area contributed by atoms with Crippen LogP contribution in [0.25, 0.3) is 0 Å². The topological polar surface area (TPSA) is 73.2 Å². The summed E-state index contributed by atoms with van der Waals surface area (Å²) in [5, 5.41) is -0.0162. The zero-order valence-electron chi connectivity index (χ0n) is 10.3. The van der Waals surface area contributed by atoms with E-state index in [9.17, 15) is 8.42 Å². The molecule has 0 amide bonds. The first kappa shape index (κ1) is 13.8. The molecule has 2 rings (SSSR count). The minimum atomic E-state index is -3.70. The van der Waals surface area contributed by atoms with Crippen molar-refractivity contribution in [2.45, 2.75) is 30.3 Å². The Balaban J connectivity index is 2.24. The summed E-state index contributed by atoms with van der Waals surface area (Å²) in [6.07, 6.45) is 2.65. The zero-order chi connectivity index (χ0) is 13.4. The van der Waals surface area contributed by atoms with Crippen LogP contribution < -0.4 is 4.72 Å². The number of aromatic nitrogens is 2. The van der Waals surface area contributed by atoms with E-state index in [1.165, 1.54) is 10.9 Å². The Hall–Kier alpha value is -0.630. The highest BCUT2D eigenvalue weighted by Crippen LogP contribution is 2.25. The zero-order valence-corrected chi connectivity index (χ0v) is 11.9. The molecule has 0 aromatic carbocycles. The number of ether oxygens (including phenoxy) is 1. The lowest BCUT2D eigenvalue weighted by Gasteiger charge is -2.33. The molecule has 1 N–H and O–H groups in total. The van der Waals surface area contributed by atoms with Crippen LogP contribution in [-0.2, 0) is 21.8 Å². The van der Waals surface area contributed by atoms with Crippen LogP contribution >= 0.6 is 11.6 Å². The van der Waals surface area contributed by atoms with Crippen molar-refractivity contribution in [3.05, 3.63) is 11.5 Å². The van der Waals surface area contributed by atoms with Gasteiger partial charge in [-0.1, -0.05) is 11.6 Å². The van der Waals surface area contributed by atoms with Gasteiger partial charge >= 0.3 is 0 Å². The summed E-state index contributed by atoms with van der Waals surface area (Å²) in [6.45, 7) is 2.97. The van der Waals surface area contributed by atoms with Gasteiger partial charge in [-0.25, -0.2) is 18.1 Å². The Bertz CT molecular complexity index is 535. The number of halogens is 1. The van der Waals surface area contributed by atoms with E-state index in [4.69, 9.17) is 16.3 Å². The number of sulfonamides is 1. The normalized spacial score (nSPS) is 19.9. The number of rotatable bonds is 3. The van der Waals surface area contributed by atoms with Crippen LogP contribution in [0.4, 0.5) is 0 Å². The van der Waals surface area contributed by atoms with Crippen LogP contribution in [0, 0.1) is 0 Å². The molecule has 2 heterocycles. The van der Waals surface area contributed by atoms with E-state index in [0.29, 0.717) is 26.1 Å². The third kappa shape index (κ3) is 2.69. The lowest BCUT2D eigenvalue weighted by atomic mass is 9.94. The predicted molar refractivity (Wildman–Crippen MR) is 67.0 cm³/mol. The third-order valence-electron chi connectivity index (χ3n) is 3.07. The van der Waals surface area contributed by atoms with E-state index in [2.05, 4.69) is 9.71 Å². The fraction of sp³-hybridized carbons (Fsp3) is 0.700. The molecule has 18 heavy (non-hydrogen) atoms. The maximum atomic E-state index is 12.2. The van der Waals surface area contributed by atoms with Gasteiger partial charge in [-0.05, 0) is 19.8 Å². The quantitative estimate of drug-likeness (QED) is 0.899. The Morgan fingerprint density at radius 2 is 2.11 bits per heavy atom. The van der Waals surface area contributed by atoms with Gasteiger partial charge in [-0.15, -0.1) is 0 Å². The standard InChI is InChI=1S/C10H16ClN3O3S/c1-10(3-5-17-6-4-10)13-18(15,16)9-8(11)14(2)7-12-9/h7,13H,3-6H2,1-2H3. The molecule has 1 saturated heterocycles. The first-order valence-corrected chi connectivity index (χ1v) is 7.49. The third-order valence-corrected chi connectivity index (χ3v) is 5.19. The molecule has 0 atom stereocenters. The van der Waals surface area contributed by atoms with E-state index < -0.39 is 15.6 Å². The number of aryl methyl sites for hydroxylation is 1. The Kier molecular flexibility index (Phi) is 3.68. The maximum Gasteiger partial charge on any atom is 0.261 e.